The van der Waals surface area contributed by atoms with Crippen molar-refractivity contribution in [3.05, 3.63) is 23.2 Å². The number of carbonyl (C=O) groups is 2. The number of hydrogen-bond acceptors (Lipinski definition) is 4. The van der Waals surface area contributed by atoms with Gasteiger partial charge in [0.1, 0.15) is 16.9 Å². The first-order valence-corrected chi connectivity index (χ1v) is 6.01. The van der Waals surface area contributed by atoms with Crippen molar-refractivity contribution >= 4 is 23.4 Å². The van der Waals surface area contributed by atoms with E-state index in [2.05, 4.69) is 15.3 Å². The Morgan fingerprint density at radius 1 is 1.50 bits per heavy atom. The molecule has 1 atom stereocenters. The molecule has 1 unspecified atom stereocenters. The van der Waals surface area contributed by atoms with Crippen LogP contribution in [0.3, 0.4) is 0 Å². The molecule has 0 bridgehead atoms. The maximum absolute atomic E-state index is 12.2. The predicted octanol–water partition coefficient (Wildman–Crippen LogP) is 0.481. The van der Waals surface area contributed by atoms with Crippen molar-refractivity contribution in [3.8, 4) is 0 Å². The third kappa shape index (κ3) is 2.43. The van der Waals surface area contributed by atoms with Crippen LogP contribution in [0.2, 0.25) is 5.15 Å². The number of amides is 2. The van der Waals surface area contributed by atoms with Crippen molar-refractivity contribution in [2.45, 2.75) is 18.9 Å². The van der Waals surface area contributed by atoms with Crippen molar-refractivity contribution in [2.24, 2.45) is 0 Å². The minimum Gasteiger partial charge on any atom is -0.357 e. The van der Waals surface area contributed by atoms with Crippen LogP contribution in [0.15, 0.2) is 12.4 Å². The molecule has 1 aliphatic rings. The molecule has 0 saturated carbocycles. The van der Waals surface area contributed by atoms with E-state index in [0.29, 0.717) is 13.0 Å². The molecule has 0 spiro atoms. The maximum Gasteiger partial charge on any atom is 0.274 e. The van der Waals surface area contributed by atoms with Gasteiger partial charge in [0.2, 0.25) is 5.91 Å². The van der Waals surface area contributed by atoms with Crippen LogP contribution in [0.25, 0.3) is 0 Å². The highest BCUT2D eigenvalue weighted by molar-refractivity contribution is 6.29. The van der Waals surface area contributed by atoms with Crippen LogP contribution in [-0.2, 0) is 4.79 Å². The number of likely N-dealkylation sites (tertiary alicyclic amines) is 1. The Balaban J connectivity index is 2.20. The Labute approximate surface area is 109 Å². The lowest BCUT2D eigenvalue weighted by molar-refractivity contribution is -0.124. The van der Waals surface area contributed by atoms with E-state index in [4.69, 9.17) is 11.6 Å². The Hall–Kier alpha value is -1.69. The number of halogens is 1. The second-order valence-electron chi connectivity index (χ2n) is 4.00. The summed E-state index contributed by atoms with van der Waals surface area (Å²) in [5.41, 5.74) is 0.165. The highest BCUT2D eigenvalue weighted by Crippen LogP contribution is 2.19. The fourth-order valence-electron chi connectivity index (χ4n) is 2.04. The fraction of sp³-hybridized carbons (Fsp3) is 0.455. The Bertz CT molecular complexity index is 480. The minimum absolute atomic E-state index is 0.157. The number of aromatic nitrogens is 2. The third-order valence-electron chi connectivity index (χ3n) is 2.89. The van der Waals surface area contributed by atoms with Gasteiger partial charge in [-0.1, -0.05) is 11.6 Å². The molecule has 6 nitrogen and oxygen atoms in total. The first kappa shape index (κ1) is 12.8. The maximum atomic E-state index is 12.2. The van der Waals surface area contributed by atoms with E-state index >= 15 is 0 Å². The molecular weight excluding hydrogens is 256 g/mol. The molecule has 0 radical (unpaired) electrons. The number of rotatable bonds is 2. The Morgan fingerprint density at radius 2 is 2.28 bits per heavy atom. The summed E-state index contributed by atoms with van der Waals surface area (Å²) in [4.78, 5) is 33.1. The summed E-state index contributed by atoms with van der Waals surface area (Å²) in [6, 6.07) is -0.428. The summed E-state index contributed by atoms with van der Waals surface area (Å²) in [7, 11) is 1.56. The molecule has 1 fully saturated rings. The van der Waals surface area contributed by atoms with Crippen molar-refractivity contribution in [1.29, 1.82) is 0 Å². The molecule has 0 aliphatic carbocycles. The van der Waals surface area contributed by atoms with Gasteiger partial charge in [0, 0.05) is 13.6 Å². The molecule has 2 heterocycles. The van der Waals surface area contributed by atoms with Crippen LogP contribution in [0.1, 0.15) is 23.3 Å². The Morgan fingerprint density at radius 3 is 2.94 bits per heavy atom. The molecule has 7 heteroatoms. The van der Waals surface area contributed by atoms with Crippen LogP contribution in [0.4, 0.5) is 0 Å². The lowest BCUT2D eigenvalue weighted by Crippen LogP contribution is -2.45. The normalized spacial score (nSPS) is 18.8. The molecular formula is C11H13ClN4O2. The van der Waals surface area contributed by atoms with E-state index in [1.54, 1.807) is 7.05 Å². The summed E-state index contributed by atoms with van der Waals surface area (Å²) >= 11 is 5.70. The summed E-state index contributed by atoms with van der Waals surface area (Å²) < 4.78 is 0. The fourth-order valence-corrected chi connectivity index (χ4v) is 2.19. The molecule has 0 aromatic carbocycles. The zero-order chi connectivity index (χ0) is 13.1. The highest BCUT2D eigenvalue weighted by Gasteiger charge is 2.34. The van der Waals surface area contributed by atoms with Crippen molar-refractivity contribution in [3.63, 3.8) is 0 Å². The van der Waals surface area contributed by atoms with E-state index in [-0.39, 0.29) is 22.7 Å². The highest BCUT2D eigenvalue weighted by atomic mass is 35.5. The van der Waals surface area contributed by atoms with Crippen molar-refractivity contribution in [1.82, 2.24) is 20.2 Å². The summed E-state index contributed by atoms with van der Waals surface area (Å²) in [5.74, 6) is -0.466. The van der Waals surface area contributed by atoms with Gasteiger partial charge in [-0.2, -0.15) is 0 Å². The first-order valence-electron chi connectivity index (χ1n) is 5.63. The van der Waals surface area contributed by atoms with Gasteiger partial charge in [-0.15, -0.1) is 0 Å². The van der Waals surface area contributed by atoms with Gasteiger partial charge in [0.05, 0.1) is 12.4 Å². The van der Waals surface area contributed by atoms with Gasteiger partial charge in [-0.25, -0.2) is 4.98 Å². The molecule has 2 amide bonds. The molecule has 1 aliphatic heterocycles. The lowest BCUT2D eigenvalue weighted by atomic mass is 10.2. The van der Waals surface area contributed by atoms with E-state index in [9.17, 15) is 9.59 Å². The van der Waals surface area contributed by atoms with Gasteiger partial charge in [-0.3, -0.25) is 14.6 Å². The summed E-state index contributed by atoms with van der Waals surface area (Å²) in [5, 5.41) is 2.72. The first-order chi connectivity index (χ1) is 8.63. The monoisotopic (exact) mass is 268 g/mol. The zero-order valence-electron chi connectivity index (χ0n) is 9.89. The van der Waals surface area contributed by atoms with Crippen LogP contribution >= 0.6 is 11.6 Å². The van der Waals surface area contributed by atoms with E-state index in [0.717, 1.165) is 6.42 Å². The topological polar surface area (TPSA) is 75.2 Å². The van der Waals surface area contributed by atoms with Crippen LogP contribution in [-0.4, -0.2) is 46.3 Å². The molecule has 1 N–H and O–H groups in total. The number of nitrogens with one attached hydrogen (secondary N) is 1. The van der Waals surface area contributed by atoms with Crippen LogP contribution < -0.4 is 5.32 Å². The molecule has 1 aromatic rings. The van der Waals surface area contributed by atoms with Gasteiger partial charge in [-0.05, 0) is 12.8 Å². The molecule has 96 valence electrons. The van der Waals surface area contributed by atoms with Gasteiger partial charge in [0.25, 0.3) is 5.91 Å². The smallest absolute Gasteiger partial charge is 0.274 e. The summed E-state index contributed by atoms with van der Waals surface area (Å²) in [6.45, 7) is 0.547. The van der Waals surface area contributed by atoms with Crippen LogP contribution in [0, 0.1) is 0 Å². The van der Waals surface area contributed by atoms with E-state index < -0.39 is 6.04 Å². The van der Waals surface area contributed by atoms with Crippen molar-refractivity contribution < 1.29 is 9.59 Å². The number of likely N-dealkylation sites (N-methyl/N-ethyl adjacent to an activating group) is 1. The van der Waals surface area contributed by atoms with E-state index in [1.165, 1.54) is 17.3 Å². The van der Waals surface area contributed by atoms with Gasteiger partial charge >= 0.3 is 0 Å². The van der Waals surface area contributed by atoms with Crippen molar-refractivity contribution in [2.75, 3.05) is 13.6 Å². The quantitative estimate of drug-likeness (QED) is 0.847. The number of carbonyl (C=O) groups excluding carboxylic acids is 2. The lowest BCUT2D eigenvalue weighted by Gasteiger charge is -2.22. The molecule has 1 aromatic heterocycles. The average Bonchev–Trinajstić information content (AvgIpc) is 2.86. The van der Waals surface area contributed by atoms with Gasteiger partial charge in [0.15, 0.2) is 0 Å². The van der Waals surface area contributed by atoms with Crippen LogP contribution in [0.5, 0.6) is 0 Å². The second kappa shape index (κ2) is 5.30. The molecule has 18 heavy (non-hydrogen) atoms. The van der Waals surface area contributed by atoms with E-state index in [1.807, 2.05) is 0 Å². The zero-order valence-corrected chi connectivity index (χ0v) is 10.6. The summed E-state index contributed by atoms with van der Waals surface area (Å²) in [6.07, 6.45) is 4.18. The van der Waals surface area contributed by atoms with Gasteiger partial charge < -0.3 is 10.2 Å². The Kier molecular flexibility index (Phi) is 3.76. The SMILES string of the molecule is CNC(=O)C1CCCN1C(=O)c1cncc(Cl)n1. The standard InChI is InChI=1S/C11H13ClN4O2/c1-13-10(17)8-3-2-4-16(8)11(18)7-5-14-6-9(12)15-7/h5-6,8H,2-4H2,1H3,(H,13,17). The number of nitrogens with zero attached hydrogens (tertiary/aromatic N) is 3. The predicted molar refractivity (Wildman–Crippen MR) is 65.2 cm³/mol. The molecule has 1 saturated heterocycles. The average molecular weight is 269 g/mol. The minimum atomic E-state index is -0.428. The third-order valence-corrected chi connectivity index (χ3v) is 3.07. The molecule has 2 rings (SSSR count). The number of hydrogen-bond donors (Lipinski definition) is 1. The largest absolute Gasteiger partial charge is 0.357 e. The second-order valence-corrected chi connectivity index (χ2v) is 4.39.